The van der Waals surface area contributed by atoms with Crippen molar-refractivity contribution in [2.75, 3.05) is 0 Å². The van der Waals surface area contributed by atoms with E-state index >= 15 is 0 Å². The molecule has 6 heteroatoms. The first-order chi connectivity index (χ1) is 9.52. The Morgan fingerprint density at radius 1 is 1.20 bits per heavy atom. The molecule has 0 aliphatic carbocycles. The Hall–Kier alpha value is -1.59. The monoisotopic (exact) mass is 355 g/mol. The molecule has 3 aromatic rings. The van der Waals surface area contributed by atoms with Crippen LogP contribution in [0.25, 0.3) is 11.1 Å². The molecule has 0 saturated heterocycles. The molecule has 0 amide bonds. The van der Waals surface area contributed by atoms with Gasteiger partial charge in [-0.15, -0.1) is 11.6 Å². The van der Waals surface area contributed by atoms with E-state index in [1.807, 2.05) is 0 Å². The highest BCUT2D eigenvalue weighted by Crippen LogP contribution is 2.32. The molecule has 0 saturated carbocycles. The fourth-order valence-corrected chi connectivity index (χ4v) is 2.78. The Balaban J connectivity index is 2.06. The van der Waals surface area contributed by atoms with Crippen LogP contribution in [-0.4, -0.2) is 4.98 Å². The van der Waals surface area contributed by atoms with Gasteiger partial charge in [0.05, 0.1) is 10.9 Å². The minimum absolute atomic E-state index is 0.366. The van der Waals surface area contributed by atoms with Crippen molar-refractivity contribution in [3.05, 3.63) is 68.4 Å². The Bertz CT molecular complexity index is 822. The Morgan fingerprint density at radius 3 is 2.75 bits per heavy atom. The van der Waals surface area contributed by atoms with E-state index in [1.165, 1.54) is 12.1 Å². The van der Waals surface area contributed by atoms with Crippen LogP contribution in [0, 0.1) is 5.82 Å². The molecule has 3 nitrogen and oxygen atoms in total. The van der Waals surface area contributed by atoms with Crippen molar-refractivity contribution in [2.24, 2.45) is 0 Å². The quantitative estimate of drug-likeness (QED) is 0.694. The van der Waals surface area contributed by atoms with Crippen molar-refractivity contribution in [3.63, 3.8) is 0 Å². The fourth-order valence-electron chi connectivity index (χ4n) is 2.03. The molecule has 0 aliphatic rings. The first-order valence-corrected chi connectivity index (χ1v) is 6.99. The van der Waals surface area contributed by atoms with Gasteiger partial charge in [0, 0.05) is 4.47 Å². The average Bonchev–Trinajstić information content (AvgIpc) is 2.75. The summed E-state index contributed by atoms with van der Waals surface area (Å²) < 4.78 is 19.0. The zero-order chi connectivity index (χ0) is 14.3. The van der Waals surface area contributed by atoms with Gasteiger partial charge in [0.1, 0.15) is 5.82 Å². The molecule has 1 N–H and O–H groups in total. The van der Waals surface area contributed by atoms with Gasteiger partial charge in [-0.1, -0.05) is 22.0 Å². The van der Waals surface area contributed by atoms with Gasteiger partial charge in [-0.3, -0.25) is 4.98 Å². The van der Waals surface area contributed by atoms with Gasteiger partial charge >= 0.3 is 5.76 Å². The normalized spacial score (nSPS) is 12.8. The highest BCUT2D eigenvalue weighted by Gasteiger charge is 2.14. The molecule has 20 heavy (non-hydrogen) atoms. The lowest BCUT2D eigenvalue weighted by Crippen LogP contribution is -1.94. The van der Waals surface area contributed by atoms with Gasteiger partial charge < -0.3 is 4.42 Å². The number of benzene rings is 2. The van der Waals surface area contributed by atoms with E-state index in [2.05, 4.69) is 20.9 Å². The van der Waals surface area contributed by atoms with Crippen LogP contribution in [0.5, 0.6) is 0 Å². The zero-order valence-electron chi connectivity index (χ0n) is 9.99. The first kappa shape index (κ1) is 13.4. The summed E-state index contributed by atoms with van der Waals surface area (Å²) >= 11 is 9.60. The van der Waals surface area contributed by atoms with E-state index in [-0.39, 0.29) is 5.82 Å². The third-order valence-electron chi connectivity index (χ3n) is 2.92. The lowest BCUT2D eigenvalue weighted by molar-refractivity contribution is 0.555. The number of hydrogen-bond acceptors (Lipinski definition) is 2. The predicted molar refractivity (Wildman–Crippen MR) is 78.6 cm³/mol. The van der Waals surface area contributed by atoms with Gasteiger partial charge in [-0.25, -0.2) is 9.18 Å². The zero-order valence-corrected chi connectivity index (χ0v) is 12.3. The SMILES string of the molecule is O=c1[nH]c2ccc(C(Cl)c3cc(F)cc(Br)c3)cc2o1. The number of H-pyrrole nitrogens is 1. The van der Waals surface area contributed by atoms with Crippen LogP contribution in [0.15, 0.2) is 50.1 Å². The Morgan fingerprint density at radius 2 is 2.00 bits per heavy atom. The molecule has 1 aromatic heterocycles. The molecule has 0 spiro atoms. The smallest absolute Gasteiger partial charge is 0.408 e. The third kappa shape index (κ3) is 2.51. The third-order valence-corrected chi connectivity index (χ3v) is 3.88. The number of rotatable bonds is 2. The second-order valence-electron chi connectivity index (χ2n) is 4.34. The van der Waals surface area contributed by atoms with Crippen molar-refractivity contribution in [1.29, 1.82) is 0 Å². The summed E-state index contributed by atoms with van der Waals surface area (Å²) in [5, 5.41) is -0.536. The number of alkyl halides is 1. The van der Waals surface area contributed by atoms with Crippen LogP contribution >= 0.6 is 27.5 Å². The van der Waals surface area contributed by atoms with Crippen LogP contribution in [0.1, 0.15) is 16.5 Å². The minimum Gasteiger partial charge on any atom is -0.408 e. The molecule has 0 radical (unpaired) electrons. The number of nitrogens with one attached hydrogen (secondary N) is 1. The molecule has 3 rings (SSSR count). The lowest BCUT2D eigenvalue weighted by atomic mass is 10.0. The maximum atomic E-state index is 13.4. The molecule has 0 fully saturated rings. The van der Waals surface area contributed by atoms with Gasteiger partial charge in [0.25, 0.3) is 0 Å². The molecule has 102 valence electrons. The molecular weight excluding hydrogens is 349 g/mol. The van der Waals surface area contributed by atoms with Crippen molar-refractivity contribution in [3.8, 4) is 0 Å². The summed E-state index contributed by atoms with van der Waals surface area (Å²) in [4.78, 5) is 13.7. The number of aromatic nitrogens is 1. The first-order valence-electron chi connectivity index (χ1n) is 5.76. The molecule has 1 atom stereocenters. The summed E-state index contributed by atoms with van der Waals surface area (Å²) in [7, 11) is 0. The van der Waals surface area contributed by atoms with Crippen molar-refractivity contribution in [2.45, 2.75) is 5.38 Å². The van der Waals surface area contributed by atoms with E-state index in [0.29, 0.717) is 21.1 Å². The van der Waals surface area contributed by atoms with Crippen LogP contribution in [0.3, 0.4) is 0 Å². The van der Waals surface area contributed by atoms with Gasteiger partial charge in [0.2, 0.25) is 0 Å². The highest BCUT2D eigenvalue weighted by molar-refractivity contribution is 9.10. The van der Waals surface area contributed by atoms with Crippen LogP contribution < -0.4 is 5.76 Å². The van der Waals surface area contributed by atoms with E-state index in [0.717, 1.165) is 5.56 Å². The Kier molecular flexibility index (Phi) is 3.40. The predicted octanol–water partition coefficient (Wildman–Crippen LogP) is 4.35. The van der Waals surface area contributed by atoms with E-state index in [1.54, 1.807) is 24.3 Å². The average molecular weight is 357 g/mol. The van der Waals surface area contributed by atoms with Crippen molar-refractivity contribution >= 4 is 38.6 Å². The molecule has 0 bridgehead atoms. The second-order valence-corrected chi connectivity index (χ2v) is 5.69. The molecule has 0 aliphatic heterocycles. The van der Waals surface area contributed by atoms with Gasteiger partial charge in [-0.05, 0) is 41.5 Å². The summed E-state index contributed by atoms with van der Waals surface area (Å²) in [6.45, 7) is 0. The van der Waals surface area contributed by atoms with E-state index < -0.39 is 11.1 Å². The van der Waals surface area contributed by atoms with Crippen LogP contribution in [-0.2, 0) is 0 Å². The summed E-state index contributed by atoms with van der Waals surface area (Å²) in [5.41, 5.74) is 2.37. The molecule has 2 aromatic carbocycles. The van der Waals surface area contributed by atoms with Crippen molar-refractivity contribution < 1.29 is 8.81 Å². The fraction of sp³-hybridized carbons (Fsp3) is 0.0714. The summed E-state index contributed by atoms with van der Waals surface area (Å²) in [6.07, 6.45) is 0. The second kappa shape index (κ2) is 5.07. The molecule has 1 heterocycles. The maximum absolute atomic E-state index is 13.4. The summed E-state index contributed by atoms with van der Waals surface area (Å²) in [6, 6.07) is 9.63. The topological polar surface area (TPSA) is 46.0 Å². The molecule has 1 unspecified atom stereocenters. The standard InChI is InChI=1S/C14H8BrClFNO2/c15-9-3-8(4-10(17)6-9)13(16)7-1-2-11-12(5-7)20-14(19)18-11/h1-6,13H,(H,18,19). The van der Waals surface area contributed by atoms with Gasteiger partial charge in [0.15, 0.2) is 5.58 Å². The number of oxazole rings is 1. The minimum atomic E-state index is -0.536. The largest absolute Gasteiger partial charge is 0.417 e. The lowest BCUT2D eigenvalue weighted by Gasteiger charge is -2.11. The summed E-state index contributed by atoms with van der Waals surface area (Å²) in [5.74, 6) is -0.883. The number of halogens is 3. The van der Waals surface area contributed by atoms with Crippen LogP contribution in [0.4, 0.5) is 4.39 Å². The van der Waals surface area contributed by atoms with E-state index in [9.17, 15) is 9.18 Å². The number of hydrogen-bond donors (Lipinski definition) is 1. The van der Waals surface area contributed by atoms with Gasteiger partial charge in [-0.2, -0.15) is 0 Å². The van der Waals surface area contributed by atoms with Crippen LogP contribution in [0.2, 0.25) is 0 Å². The maximum Gasteiger partial charge on any atom is 0.417 e. The van der Waals surface area contributed by atoms with E-state index in [4.69, 9.17) is 16.0 Å². The number of aromatic amines is 1. The molecular formula is C14H8BrClFNO2. The van der Waals surface area contributed by atoms with Crippen molar-refractivity contribution in [1.82, 2.24) is 4.98 Å². The Labute approximate surface area is 126 Å². The number of fused-ring (bicyclic) bond motifs is 1. The highest BCUT2D eigenvalue weighted by atomic mass is 79.9.